The Hall–Kier alpha value is -1.97. The summed E-state index contributed by atoms with van der Waals surface area (Å²) in [5.74, 6) is -0.197. The molecular formula is C18H20N2O4S3. The van der Waals surface area contributed by atoms with Gasteiger partial charge in [-0.25, -0.2) is 9.59 Å². The van der Waals surface area contributed by atoms with Gasteiger partial charge in [-0.2, -0.15) is 0 Å². The first-order valence-corrected chi connectivity index (χ1v) is 10.5. The molecule has 0 bridgehead atoms. The lowest BCUT2D eigenvalue weighted by molar-refractivity contribution is 0.0594. The van der Waals surface area contributed by atoms with Crippen LogP contribution in [0.4, 0.5) is 10.7 Å². The highest BCUT2D eigenvalue weighted by molar-refractivity contribution is 7.80. The maximum atomic E-state index is 12.4. The van der Waals surface area contributed by atoms with Crippen LogP contribution in [0.15, 0.2) is 11.4 Å². The largest absolute Gasteiger partial charge is 0.465 e. The lowest BCUT2D eigenvalue weighted by Crippen LogP contribution is -2.21. The van der Waals surface area contributed by atoms with Crippen molar-refractivity contribution in [1.82, 2.24) is 0 Å². The zero-order valence-corrected chi connectivity index (χ0v) is 17.7. The zero-order valence-electron chi connectivity index (χ0n) is 15.2. The minimum atomic E-state index is -0.425. The van der Waals surface area contributed by atoms with Gasteiger partial charge in [-0.1, -0.05) is 6.92 Å². The molecule has 2 N–H and O–H groups in total. The van der Waals surface area contributed by atoms with Gasteiger partial charge in [0.2, 0.25) is 0 Å². The van der Waals surface area contributed by atoms with Crippen LogP contribution in [0.1, 0.15) is 43.8 Å². The highest BCUT2D eigenvalue weighted by Crippen LogP contribution is 2.40. The van der Waals surface area contributed by atoms with Gasteiger partial charge >= 0.3 is 11.9 Å². The summed E-state index contributed by atoms with van der Waals surface area (Å²) in [6.07, 6.45) is 2.85. The maximum absolute atomic E-state index is 12.4. The predicted molar refractivity (Wildman–Crippen MR) is 112 cm³/mol. The Balaban J connectivity index is 1.83. The molecule has 0 aromatic carbocycles. The van der Waals surface area contributed by atoms with Gasteiger partial charge in [0.15, 0.2) is 5.11 Å². The number of fused-ring (bicyclic) bond motifs is 1. The molecule has 1 atom stereocenters. The van der Waals surface area contributed by atoms with Gasteiger partial charge in [0.05, 0.1) is 25.5 Å². The van der Waals surface area contributed by atoms with Gasteiger partial charge in [-0.15, -0.1) is 22.7 Å². The third-order valence-electron chi connectivity index (χ3n) is 4.41. The van der Waals surface area contributed by atoms with E-state index < -0.39 is 5.97 Å². The molecule has 27 heavy (non-hydrogen) atoms. The first-order valence-electron chi connectivity index (χ1n) is 8.41. The van der Waals surface area contributed by atoms with Crippen LogP contribution >= 0.6 is 34.9 Å². The standard InChI is InChI=1S/C18H20N2O4S3/c1-9-4-5-10-12(8-9)27-15(13(10)16(21)23-2)20-18(25)19-11-6-7-26-14(11)17(22)24-3/h6-7,9H,4-5,8H2,1-3H3,(H2,19,20,25)/t9-/m0/s1. The number of hydrogen-bond acceptors (Lipinski definition) is 7. The van der Waals surface area contributed by atoms with Crippen molar-refractivity contribution >= 4 is 62.6 Å². The Kier molecular flexibility index (Phi) is 6.13. The summed E-state index contributed by atoms with van der Waals surface area (Å²) < 4.78 is 9.76. The summed E-state index contributed by atoms with van der Waals surface area (Å²) in [6, 6.07) is 1.76. The van der Waals surface area contributed by atoms with Gasteiger partial charge in [0.25, 0.3) is 0 Å². The maximum Gasteiger partial charge on any atom is 0.350 e. The highest BCUT2D eigenvalue weighted by Gasteiger charge is 2.28. The molecule has 2 heterocycles. The fourth-order valence-corrected chi connectivity index (χ4v) is 5.52. The number of thiophene rings is 2. The molecule has 6 nitrogen and oxygen atoms in total. The van der Waals surface area contributed by atoms with Crippen LogP contribution in [0.25, 0.3) is 0 Å². The van der Waals surface area contributed by atoms with Crippen LogP contribution in [0.5, 0.6) is 0 Å². The van der Waals surface area contributed by atoms with E-state index in [2.05, 4.69) is 17.6 Å². The number of thiocarbonyl (C=S) groups is 1. The average molecular weight is 425 g/mol. The zero-order chi connectivity index (χ0) is 19.6. The summed E-state index contributed by atoms with van der Waals surface area (Å²) in [4.78, 5) is 25.8. The number of nitrogens with one attached hydrogen (secondary N) is 2. The number of carbonyl (C=O) groups excluding carboxylic acids is 2. The van der Waals surface area contributed by atoms with E-state index in [4.69, 9.17) is 21.7 Å². The van der Waals surface area contributed by atoms with Crippen LogP contribution < -0.4 is 10.6 Å². The second-order valence-corrected chi connectivity index (χ2v) is 8.71. The van der Waals surface area contributed by atoms with E-state index in [-0.39, 0.29) is 5.97 Å². The van der Waals surface area contributed by atoms with Crippen LogP contribution in [0.2, 0.25) is 0 Å². The predicted octanol–water partition coefficient (Wildman–Crippen LogP) is 4.32. The quantitative estimate of drug-likeness (QED) is 0.559. The number of anilines is 2. The average Bonchev–Trinajstić information content (AvgIpc) is 3.23. The van der Waals surface area contributed by atoms with Crippen molar-refractivity contribution in [2.24, 2.45) is 5.92 Å². The van der Waals surface area contributed by atoms with Gasteiger partial charge in [-0.3, -0.25) is 0 Å². The Morgan fingerprint density at radius 3 is 2.67 bits per heavy atom. The van der Waals surface area contributed by atoms with E-state index >= 15 is 0 Å². The molecule has 0 saturated heterocycles. The summed E-state index contributed by atoms with van der Waals surface area (Å²) in [6.45, 7) is 2.21. The fourth-order valence-electron chi connectivity index (χ4n) is 3.07. The van der Waals surface area contributed by atoms with Crippen molar-refractivity contribution in [2.45, 2.75) is 26.2 Å². The molecule has 0 fully saturated rings. The number of hydrogen-bond donors (Lipinski definition) is 2. The molecule has 0 aliphatic heterocycles. The molecule has 1 aliphatic carbocycles. The number of esters is 2. The number of rotatable bonds is 4. The minimum Gasteiger partial charge on any atom is -0.465 e. The van der Waals surface area contributed by atoms with Crippen LogP contribution in [0, 0.1) is 5.92 Å². The van der Waals surface area contributed by atoms with Gasteiger partial charge < -0.3 is 20.1 Å². The molecular weight excluding hydrogens is 404 g/mol. The van der Waals surface area contributed by atoms with Crippen molar-refractivity contribution in [1.29, 1.82) is 0 Å². The first kappa shape index (κ1) is 19.8. The van der Waals surface area contributed by atoms with Gasteiger partial charge in [-0.05, 0) is 54.4 Å². The summed E-state index contributed by atoms with van der Waals surface area (Å²) in [7, 11) is 2.72. The smallest absolute Gasteiger partial charge is 0.350 e. The molecule has 1 aliphatic rings. The van der Waals surface area contributed by atoms with Crippen molar-refractivity contribution in [3.05, 3.63) is 32.3 Å². The van der Waals surface area contributed by atoms with Crippen molar-refractivity contribution in [3.8, 4) is 0 Å². The molecule has 0 amide bonds. The Labute approximate surface area is 170 Å². The Morgan fingerprint density at radius 1 is 1.22 bits per heavy atom. The molecule has 2 aromatic heterocycles. The van der Waals surface area contributed by atoms with Gasteiger partial charge in [0.1, 0.15) is 9.88 Å². The second kappa shape index (κ2) is 8.37. The number of carbonyl (C=O) groups is 2. The van der Waals surface area contributed by atoms with E-state index in [0.717, 1.165) is 24.8 Å². The molecule has 0 unspecified atom stereocenters. The first-order chi connectivity index (χ1) is 12.9. The van der Waals surface area contributed by atoms with Gasteiger partial charge in [0, 0.05) is 4.88 Å². The Bertz CT molecular complexity index is 887. The fraction of sp³-hybridized carbons (Fsp3) is 0.389. The highest BCUT2D eigenvalue weighted by atomic mass is 32.1. The molecule has 0 radical (unpaired) electrons. The molecule has 0 saturated carbocycles. The SMILES string of the molecule is COC(=O)c1sccc1NC(=S)Nc1sc2c(c1C(=O)OC)CC[C@H](C)C2. The second-order valence-electron chi connectivity index (χ2n) is 6.28. The molecule has 0 spiro atoms. The van der Waals surface area contributed by atoms with Crippen LogP contribution in [0.3, 0.4) is 0 Å². The molecule has 9 heteroatoms. The summed E-state index contributed by atoms with van der Waals surface area (Å²) >= 11 is 8.20. The monoisotopic (exact) mass is 424 g/mol. The molecule has 2 aromatic rings. The van der Waals surface area contributed by atoms with Crippen LogP contribution in [-0.2, 0) is 22.3 Å². The summed E-state index contributed by atoms with van der Waals surface area (Å²) in [5, 5.41) is 8.88. The topological polar surface area (TPSA) is 76.7 Å². The summed E-state index contributed by atoms with van der Waals surface area (Å²) in [5.41, 5.74) is 2.19. The lowest BCUT2D eigenvalue weighted by atomic mass is 9.88. The molecule has 144 valence electrons. The van der Waals surface area contributed by atoms with E-state index in [1.165, 1.54) is 41.8 Å². The normalized spacial score (nSPS) is 15.6. The third-order valence-corrected chi connectivity index (χ3v) is 6.68. The number of methoxy groups -OCH3 is 2. The van der Waals surface area contributed by atoms with Crippen molar-refractivity contribution in [3.63, 3.8) is 0 Å². The van der Waals surface area contributed by atoms with E-state index in [0.29, 0.717) is 32.2 Å². The third kappa shape index (κ3) is 4.15. The Morgan fingerprint density at radius 2 is 1.96 bits per heavy atom. The van der Waals surface area contributed by atoms with Crippen LogP contribution in [-0.4, -0.2) is 31.3 Å². The van der Waals surface area contributed by atoms with Crippen molar-refractivity contribution in [2.75, 3.05) is 24.9 Å². The van der Waals surface area contributed by atoms with Crippen molar-refractivity contribution < 1.29 is 19.1 Å². The lowest BCUT2D eigenvalue weighted by Gasteiger charge is -2.18. The number of ether oxygens (including phenoxy) is 2. The van der Waals surface area contributed by atoms with E-state index in [1.54, 1.807) is 11.4 Å². The molecule has 3 rings (SSSR count). The van der Waals surface area contributed by atoms with E-state index in [1.807, 2.05) is 0 Å². The minimum absolute atomic E-state index is 0.301. The van der Waals surface area contributed by atoms with E-state index in [9.17, 15) is 9.59 Å².